The van der Waals surface area contributed by atoms with Gasteiger partial charge in [0.1, 0.15) is 0 Å². The van der Waals surface area contributed by atoms with Gasteiger partial charge in [-0.15, -0.1) is 0 Å². The summed E-state index contributed by atoms with van der Waals surface area (Å²) in [5, 5.41) is 2.09. The van der Waals surface area contributed by atoms with Crippen molar-refractivity contribution in [2.45, 2.75) is 33.1 Å². The van der Waals surface area contributed by atoms with Gasteiger partial charge in [0.2, 0.25) is 0 Å². The zero-order valence-electron chi connectivity index (χ0n) is 9.00. The van der Waals surface area contributed by atoms with Crippen molar-refractivity contribution < 1.29 is 9.59 Å². The van der Waals surface area contributed by atoms with Crippen LogP contribution < -0.4 is 5.32 Å². The number of carbonyl (C=O) groups excluding carboxylic acids is 2. The maximum atomic E-state index is 11.5. The van der Waals surface area contributed by atoms with Gasteiger partial charge in [-0.05, 0) is 48.4 Å². The molecule has 0 aromatic heterocycles. The Labute approximate surface area is 93.7 Å². The van der Waals surface area contributed by atoms with Gasteiger partial charge >= 0.3 is 0 Å². The number of nitrogens with one attached hydrogen (secondary N) is 1. The van der Waals surface area contributed by atoms with Gasteiger partial charge in [-0.3, -0.25) is 14.9 Å². The Balaban J connectivity index is 2.24. The van der Waals surface area contributed by atoms with Crippen molar-refractivity contribution >= 4 is 22.9 Å². The minimum Gasteiger partial charge on any atom is -0.282 e. The minimum absolute atomic E-state index is 0.193. The quantitative estimate of drug-likeness (QED) is 0.645. The highest BCUT2D eigenvalue weighted by Crippen LogP contribution is 2.38. The molecule has 3 nitrogen and oxygen atoms in total. The van der Waals surface area contributed by atoms with Crippen molar-refractivity contribution in [1.29, 1.82) is 0 Å². The van der Waals surface area contributed by atoms with Gasteiger partial charge in [-0.1, -0.05) is 13.8 Å². The SMILES string of the molecule is C[C@@H]1CC(=C2SC(=O)NC2=O)C[C@@H](C)C1. The van der Waals surface area contributed by atoms with E-state index in [4.69, 9.17) is 0 Å². The number of thioether (sulfide) groups is 1. The van der Waals surface area contributed by atoms with Crippen LogP contribution in [-0.4, -0.2) is 11.1 Å². The third-order valence-corrected chi connectivity index (χ3v) is 3.90. The number of carbonyl (C=O) groups is 2. The molecule has 0 aromatic carbocycles. The van der Waals surface area contributed by atoms with Crippen LogP contribution in [0.2, 0.25) is 0 Å². The second kappa shape index (κ2) is 4.00. The lowest BCUT2D eigenvalue weighted by Gasteiger charge is -2.26. The summed E-state index contributed by atoms with van der Waals surface area (Å²) in [6.45, 7) is 4.41. The van der Waals surface area contributed by atoms with Crippen LogP contribution in [-0.2, 0) is 4.79 Å². The molecule has 2 fully saturated rings. The minimum atomic E-state index is -0.228. The molecule has 2 rings (SSSR count). The lowest BCUT2D eigenvalue weighted by Crippen LogP contribution is -2.20. The van der Waals surface area contributed by atoms with Crippen LogP contribution >= 0.6 is 11.8 Å². The molecule has 2 amide bonds. The second-order valence-electron chi connectivity index (χ2n) is 4.63. The largest absolute Gasteiger partial charge is 0.290 e. The molecule has 1 aliphatic heterocycles. The van der Waals surface area contributed by atoms with E-state index in [0.29, 0.717) is 16.7 Å². The average molecular weight is 225 g/mol. The Morgan fingerprint density at radius 3 is 2.27 bits per heavy atom. The average Bonchev–Trinajstić information content (AvgIpc) is 2.43. The van der Waals surface area contributed by atoms with Gasteiger partial charge in [0.15, 0.2) is 0 Å². The number of imide groups is 1. The summed E-state index contributed by atoms with van der Waals surface area (Å²) in [7, 11) is 0. The predicted molar refractivity (Wildman–Crippen MR) is 60.3 cm³/mol. The molecule has 1 aliphatic carbocycles. The second-order valence-corrected chi connectivity index (χ2v) is 5.61. The summed E-state index contributed by atoms with van der Waals surface area (Å²) >= 11 is 1.06. The fourth-order valence-electron chi connectivity index (χ4n) is 2.51. The molecule has 82 valence electrons. The summed E-state index contributed by atoms with van der Waals surface area (Å²) in [6, 6.07) is 0. The molecule has 15 heavy (non-hydrogen) atoms. The Morgan fingerprint density at radius 1 is 1.20 bits per heavy atom. The number of rotatable bonds is 0. The van der Waals surface area contributed by atoms with Gasteiger partial charge in [-0.25, -0.2) is 0 Å². The van der Waals surface area contributed by atoms with Crippen LogP contribution in [0, 0.1) is 11.8 Å². The smallest absolute Gasteiger partial charge is 0.282 e. The Bertz CT molecular complexity index is 336. The standard InChI is InChI=1S/C11H15NO2S/c1-6-3-7(2)5-8(4-6)9-10(13)12-11(14)15-9/h6-7H,3-5H2,1-2H3,(H,12,13,14)/t6-,7-/m0/s1. The van der Waals surface area contributed by atoms with Gasteiger partial charge in [0.25, 0.3) is 11.1 Å². The Hall–Kier alpha value is -0.770. The maximum Gasteiger partial charge on any atom is 0.290 e. The van der Waals surface area contributed by atoms with E-state index in [2.05, 4.69) is 19.2 Å². The van der Waals surface area contributed by atoms with Crippen LogP contribution in [0.5, 0.6) is 0 Å². The highest BCUT2D eigenvalue weighted by molar-refractivity contribution is 8.18. The summed E-state index contributed by atoms with van der Waals surface area (Å²) in [6.07, 6.45) is 3.15. The predicted octanol–water partition coefficient (Wildman–Crippen LogP) is 2.68. The molecule has 2 atom stereocenters. The third-order valence-electron chi connectivity index (χ3n) is 2.93. The van der Waals surface area contributed by atoms with Crippen LogP contribution in [0.25, 0.3) is 0 Å². The number of hydrogen-bond acceptors (Lipinski definition) is 3. The first-order valence-corrected chi connectivity index (χ1v) is 6.13. The Kier molecular flexibility index (Phi) is 2.87. The normalized spacial score (nSPS) is 32.1. The lowest BCUT2D eigenvalue weighted by atomic mass is 9.80. The van der Waals surface area contributed by atoms with E-state index >= 15 is 0 Å². The van der Waals surface area contributed by atoms with E-state index in [0.717, 1.165) is 24.6 Å². The maximum absolute atomic E-state index is 11.5. The molecule has 1 N–H and O–H groups in total. The molecule has 1 heterocycles. The molecule has 0 radical (unpaired) electrons. The Morgan fingerprint density at radius 2 is 1.80 bits per heavy atom. The highest BCUT2D eigenvalue weighted by atomic mass is 32.2. The zero-order valence-corrected chi connectivity index (χ0v) is 9.82. The summed E-state index contributed by atoms with van der Waals surface area (Å²) in [4.78, 5) is 23.2. The van der Waals surface area contributed by atoms with Crippen molar-refractivity contribution in [1.82, 2.24) is 5.32 Å². The molecule has 0 unspecified atom stereocenters. The number of hydrogen-bond donors (Lipinski definition) is 1. The third kappa shape index (κ3) is 2.25. The van der Waals surface area contributed by atoms with E-state index in [1.807, 2.05) is 0 Å². The molecule has 0 bridgehead atoms. The highest BCUT2D eigenvalue weighted by Gasteiger charge is 2.31. The summed E-state index contributed by atoms with van der Waals surface area (Å²) in [5.74, 6) is 1.06. The molecule has 0 spiro atoms. The molecule has 2 aliphatic rings. The molecule has 1 saturated carbocycles. The van der Waals surface area contributed by atoms with E-state index in [9.17, 15) is 9.59 Å². The summed E-state index contributed by atoms with van der Waals surface area (Å²) < 4.78 is 0. The van der Waals surface area contributed by atoms with Crippen LogP contribution in [0.1, 0.15) is 33.1 Å². The first kappa shape index (κ1) is 10.7. The monoisotopic (exact) mass is 225 g/mol. The molecular weight excluding hydrogens is 210 g/mol. The topological polar surface area (TPSA) is 46.2 Å². The van der Waals surface area contributed by atoms with E-state index < -0.39 is 0 Å². The molecule has 0 aromatic rings. The molecule has 1 saturated heterocycles. The molecule has 4 heteroatoms. The molecular formula is C11H15NO2S. The van der Waals surface area contributed by atoms with Crippen molar-refractivity contribution in [3.63, 3.8) is 0 Å². The van der Waals surface area contributed by atoms with Crippen molar-refractivity contribution in [2.75, 3.05) is 0 Å². The van der Waals surface area contributed by atoms with Gasteiger partial charge in [0.05, 0.1) is 4.91 Å². The van der Waals surface area contributed by atoms with Gasteiger partial charge < -0.3 is 0 Å². The zero-order chi connectivity index (χ0) is 11.0. The van der Waals surface area contributed by atoms with Crippen molar-refractivity contribution in [3.8, 4) is 0 Å². The first-order valence-electron chi connectivity index (χ1n) is 5.31. The van der Waals surface area contributed by atoms with Gasteiger partial charge in [-0.2, -0.15) is 0 Å². The number of allylic oxidation sites excluding steroid dienone is 1. The van der Waals surface area contributed by atoms with E-state index in [1.54, 1.807) is 0 Å². The summed E-state index contributed by atoms with van der Waals surface area (Å²) in [5.41, 5.74) is 1.18. The van der Waals surface area contributed by atoms with Crippen LogP contribution in [0.3, 0.4) is 0 Å². The first-order chi connectivity index (χ1) is 7.06. The van der Waals surface area contributed by atoms with Crippen molar-refractivity contribution in [3.05, 3.63) is 10.5 Å². The van der Waals surface area contributed by atoms with E-state index in [1.165, 1.54) is 12.0 Å². The van der Waals surface area contributed by atoms with Crippen LogP contribution in [0.15, 0.2) is 10.5 Å². The van der Waals surface area contributed by atoms with Gasteiger partial charge in [0, 0.05) is 0 Å². The van der Waals surface area contributed by atoms with Crippen LogP contribution in [0.4, 0.5) is 4.79 Å². The lowest BCUT2D eigenvalue weighted by molar-refractivity contribution is -0.115. The fourth-order valence-corrected chi connectivity index (χ4v) is 3.29. The fraction of sp³-hybridized carbons (Fsp3) is 0.636. The van der Waals surface area contributed by atoms with E-state index in [-0.39, 0.29) is 11.1 Å². The number of amides is 2. The van der Waals surface area contributed by atoms with Crippen molar-refractivity contribution in [2.24, 2.45) is 11.8 Å².